The molecule has 0 amide bonds. The summed E-state index contributed by atoms with van der Waals surface area (Å²) >= 11 is 0. The van der Waals surface area contributed by atoms with E-state index in [4.69, 9.17) is 0 Å². The van der Waals surface area contributed by atoms with Crippen molar-refractivity contribution in [3.05, 3.63) is 0 Å². The molecule has 2 aliphatic carbocycles. The van der Waals surface area contributed by atoms with E-state index < -0.39 is 0 Å². The van der Waals surface area contributed by atoms with Gasteiger partial charge in [-0.2, -0.15) is 0 Å². The van der Waals surface area contributed by atoms with Crippen LogP contribution in [0.5, 0.6) is 0 Å². The molecule has 0 aromatic heterocycles. The molecule has 0 radical (unpaired) electrons. The number of nitrogens with one attached hydrogen (secondary N) is 1. The maximum absolute atomic E-state index is 9.25. The molecule has 3 atom stereocenters. The molecule has 0 aromatic rings. The average Bonchev–Trinajstić information content (AvgIpc) is 2.59. The van der Waals surface area contributed by atoms with Crippen LogP contribution in [0, 0.1) is 11.8 Å². The predicted octanol–water partition coefficient (Wildman–Crippen LogP) is 2.32. The molecule has 0 aromatic carbocycles. The topological polar surface area (TPSA) is 32.3 Å². The molecule has 2 N–H and O–H groups in total. The minimum absolute atomic E-state index is 0.369. The molecule has 2 heteroatoms. The van der Waals surface area contributed by atoms with Crippen LogP contribution in [0.4, 0.5) is 0 Å². The number of aliphatic hydroxyl groups is 1. The number of hydrogen-bond acceptors (Lipinski definition) is 2. The fourth-order valence-corrected chi connectivity index (χ4v) is 3.14. The van der Waals surface area contributed by atoms with Gasteiger partial charge in [0.25, 0.3) is 0 Å². The second kappa shape index (κ2) is 5.31. The normalized spacial score (nSPS) is 34.0. The van der Waals surface area contributed by atoms with Gasteiger partial charge in [0.1, 0.15) is 0 Å². The summed E-state index contributed by atoms with van der Waals surface area (Å²) in [6.45, 7) is 2.68. The van der Waals surface area contributed by atoms with E-state index in [2.05, 4.69) is 12.2 Å². The first-order chi connectivity index (χ1) is 7.29. The average molecular weight is 211 g/mol. The van der Waals surface area contributed by atoms with E-state index in [-0.39, 0.29) is 0 Å². The van der Waals surface area contributed by atoms with Crippen LogP contribution in [0.1, 0.15) is 51.9 Å². The van der Waals surface area contributed by atoms with E-state index in [1.54, 1.807) is 0 Å². The fraction of sp³-hybridized carbons (Fsp3) is 1.00. The Morgan fingerprint density at radius 3 is 2.53 bits per heavy atom. The Bertz CT molecular complexity index is 191. The summed E-state index contributed by atoms with van der Waals surface area (Å²) in [5.74, 6) is 1.51. The highest BCUT2D eigenvalue weighted by Crippen LogP contribution is 2.31. The van der Waals surface area contributed by atoms with Gasteiger partial charge in [0.15, 0.2) is 0 Å². The van der Waals surface area contributed by atoms with Crippen molar-refractivity contribution in [3.63, 3.8) is 0 Å². The molecule has 15 heavy (non-hydrogen) atoms. The Kier molecular flexibility index (Phi) is 4.04. The van der Waals surface area contributed by atoms with Crippen molar-refractivity contribution in [2.75, 3.05) is 6.61 Å². The smallest absolute Gasteiger partial charge is 0.0474 e. The van der Waals surface area contributed by atoms with Gasteiger partial charge in [-0.15, -0.1) is 0 Å². The highest BCUT2D eigenvalue weighted by Gasteiger charge is 2.28. The monoisotopic (exact) mass is 211 g/mol. The highest BCUT2D eigenvalue weighted by molar-refractivity contribution is 4.85. The van der Waals surface area contributed by atoms with Gasteiger partial charge in [-0.1, -0.05) is 25.7 Å². The fourth-order valence-electron chi connectivity index (χ4n) is 3.14. The predicted molar refractivity (Wildman–Crippen MR) is 62.8 cm³/mol. The second-order valence-electron chi connectivity index (χ2n) is 5.58. The van der Waals surface area contributed by atoms with E-state index >= 15 is 0 Å². The second-order valence-corrected chi connectivity index (χ2v) is 5.58. The molecule has 0 aliphatic heterocycles. The van der Waals surface area contributed by atoms with E-state index in [1.807, 2.05) is 0 Å². The maximum Gasteiger partial charge on any atom is 0.0474 e. The molecule has 2 aliphatic rings. The summed E-state index contributed by atoms with van der Waals surface area (Å²) < 4.78 is 0. The van der Waals surface area contributed by atoms with Crippen molar-refractivity contribution in [2.45, 2.75) is 64.0 Å². The summed E-state index contributed by atoms with van der Waals surface area (Å²) in [6.07, 6.45) is 9.44. The van der Waals surface area contributed by atoms with Crippen LogP contribution in [-0.2, 0) is 0 Å². The van der Waals surface area contributed by atoms with Crippen molar-refractivity contribution in [1.82, 2.24) is 5.32 Å². The van der Waals surface area contributed by atoms with Gasteiger partial charge in [0, 0.05) is 18.7 Å². The van der Waals surface area contributed by atoms with Gasteiger partial charge in [-0.3, -0.25) is 0 Å². The SMILES string of the molecule is CC(CC1CCC1)NC1CCCC1CO. The number of rotatable bonds is 5. The zero-order chi connectivity index (χ0) is 10.7. The van der Waals surface area contributed by atoms with Crippen molar-refractivity contribution in [2.24, 2.45) is 11.8 Å². The Labute approximate surface area is 93.5 Å². The summed E-state index contributed by atoms with van der Waals surface area (Å²) in [4.78, 5) is 0. The van der Waals surface area contributed by atoms with Crippen LogP contribution < -0.4 is 5.32 Å². The van der Waals surface area contributed by atoms with Crippen LogP contribution in [0.25, 0.3) is 0 Å². The zero-order valence-corrected chi connectivity index (χ0v) is 9.91. The molecule has 2 nitrogen and oxygen atoms in total. The van der Waals surface area contributed by atoms with Crippen LogP contribution >= 0.6 is 0 Å². The van der Waals surface area contributed by atoms with Gasteiger partial charge in [0.2, 0.25) is 0 Å². The lowest BCUT2D eigenvalue weighted by atomic mass is 9.81. The van der Waals surface area contributed by atoms with Gasteiger partial charge in [0.05, 0.1) is 0 Å². The van der Waals surface area contributed by atoms with Crippen molar-refractivity contribution < 1.29 is 5.11 Å². The molecule has 2 fully saturated rings. The van der Waals surface area contributed by atoms with E-state index in [0.29, 0.717) is 24.6 Å². The summed E-state index contributed by atoms with van der Waals surface area (Å²) in [7, 11) is 0. The molecule has 2 rings (SSSR count). The lowest BCUT2D eigenvalue weighted by Gasteiger charge is -2.31. The number of aliphatic hydroxyl groups excluding tert-OH is 1. The third-order valence-corrected chi connectivity index (χ3v) is 4.30. The first-order valence-corrected chi connectivity index (χ1v) is 6.66. The van der Waals surface area contributed by atoms with Crippen molar-refractivity contribution in [3.8, 4) is 0 Å². The van der Waals surface area contributed by atoms with E-state index in [9.17, 15) is 5.11 Å². The molecule has 0 spiro atoms. The van der Waals surface area contributed by atoms with Gasteiger partial charge in [-0.05, 0) is 38.0 Å². The molecular formula is C13H25NO. The molecule has 0 heterocycles. The molecule has 0 saturated heterocycles. The molecular weight excluding hydrogens is 186 g/mol. The minimum atomic E-state index is 0.369. The molecule has 88 valence electrons. The molecule has 3 unspecified atom stereocenters. The van der Waals surface area contributed by atoms with Crippen LogP contribution in [-0.4, -0.2) is 23.8 Å². The van der Waals surface area contributed by atoms with Gasteiger partial charge >= 0.3 is 0 Å². The summed E-state index contributed by atoms with van der Waals surface area (Å²) in [5.41, 5.74) is 0. The van der Waals surface area contributed by atoms with E-state index in [0.717, 1.165) is 5.92 Å². The van der Waals surface area contributed by atoms with Crippen LogP contribution in [0.3, 0.4) is 0 Å². The number of hydrogen-bond donors (Lipinski definition) is 2. The maximum atomic E-state index is 9.25. The first-order valence-electron chi connectivity index (χ1n) is 6.66. The Hall–Kier alpha value is -0.0800. The van der Waals surface area contributed by atoms with Crippen LogP contribution in [0.15, 0.2) is 0 Å². The molecule has 0 bridgehead atoms. The van der Waals surface area contributed by atoms with Gasteiger partial charge in [-0.25, -0.2) is 0 Å². The van der Waals surface area contributed by atoms with E-state index in [1.165, 1.54) is 44.9 Å². The first kappa shape index (κ1) is 11.4. The van der Waals surface area contributed by atoms with Gasteiger partial charge < -0.3 is 10.4 Å². The van der Waals surface area contributed by atoms with Crippen molar-refractivity contribution >= 4 is 0 Å². The minimum Gasteiger partial charge on any atom is -0.396 e. The van der Waals surface area contributed by atoms with Crippen molar-refractivity contribution in [1.29, 1.82) is 0 Å². The highest BCUT2D eigenvalue weighted by atomic mass is 16.3. The third-order valence-electron chi connectivity index (χ3n) is 4.30. The molecule has 2 saturated carbocycles. The summed E-state index contributed by atoms with van der Waals surface area (Å²) in [5, 5.41) is 13.0. The zero-order valence-electron chi connectivity index (χ0n) is 9.91. The standard InChI is InChI=1S/C13H25NO/c1-10(8-11-4-2-5-11)14-13-7-3-6-12(13)9-15/h10-15H,2-9H2,1H3. The summed E-state index contributed by atoms with van der Waals surface area (Å²) in [6, 6.07) is 1.23. The lowest BCUT2D eigenvalue weighted by Crippen LogP contribution is -2.41. The Morgan fingerprint density at radius 1 is 1.20 bits per heavy atom. The lowest BCUT2D eigenvalue weighted by molar-refractivity contribution is 0.190. The van der Waals surface area contributed by atoms with Crippen LogP contribution in [0.2, 0.25) is 0 Å². The quantitative estimate of drug-likeness (QED) is 0.731. The Morgan fingerprint density at radius 2 is 1.93 bits per heavy atom. The largest absolute Gasteiger partial charge is 0.396 e. The Balaban J connectivity index is 1.69. The third kappa shape index (κ3) is 2.94.